The fourth-order valence-electron chi connectivity index (χ4n) is 3.26. The van der Waals surface area contributed by atoms with Crippen molar-refractivity contribution in [3.05, 3.63) is 0 Å². The number of halogens is 1. The molecule has 0 amide bonds. The van der Waals surface area contributed by atoms with E-state index >= 15 is 0 Å². The molecule has 1 heterocycles. The van der Waals surface area contributed by atoms with Gasteiger partial charge in [0.15, 0.2) is 0 Å². The van der Waals surface area contributed by atoms with Gasteiger partial charge in [-0.3, -0.25) is 0 Å². The zero-order chi connectivity index (χ0) is 13.0. The Kier molecular flexibility index (Phi) is 5.52. The summed E-state index contributed by atoms with van der Waals surface area (Å²) in [5.74, 6) is 0.676. The van der Waals surface area contributed by atoms with Crippen molar-refractivity contribution >= 4 is 15.9 Å². The minimum atomic E-state index is 0.273. The molecule has 2 fully saturated rings. The summed E-state index contributed by atoms with van der Waals surface area (Å²) in [7, 11) is 0. The third kappa shape index (κ3) is 3.71. The lowest BCUT2D eigenvalue weighted by atomic mass is 9.83. The minimum Gasteiger partial charge on any atom is -0.370 e. The van der Waals surface area contributed by atoms with Crippen LogP contribution in [0.1, 0.15) is 58.8 Å². The lowest BCUT2D eigenvalue weighted by Gasteiger charge is -2.33. The van der Waals surface area contributed by atoms with Crippen LogP contribution >= 0.6 is 15.9 Å². The molecular formula is C15H28BrNO. The van der Waals surface area contributed by atoms with Gasteiger partial charge in [0.05, 0.1) is 11.7 Å². The maximum atomic E-state index is 6.38. The van der Waals surface area contributed by atoms with Gasteiger partial charge in [-0.1, -0.05) is 42.1 Å². The first-order chi connectivity index (χ1) is 8.65. The summed E-state index contributed by atoms with van der Waals surface area (Å²) in [4.78, 5) is 0. The Balaban J connectivity index is 1.72. The summed E-state index contributed by atoms with van der Waals surface area (Å²) >= 11 is 3.56. The van der Waals surface area contributed by atoms with Gasteiger partial charge < -0.3 is 10.1 Å². The van der Waals surface area contributed by atoms with Gasteiger partial charge in [-0.05, 0) is 38.5 Å². The summed E-state index contributed by atoms with van der Waals surface area (Å²) in [6.45, 7) is 5.59. The van der Waals surface area contributed by atoms with Crippen LogP contribution in [-0.2, 0) is 4.74 Å². The third-order valence-electron chi connectivity index (χ3n) is 4.87. The number of nitrogens with one attached hydrogen (secondary N) is 1. The molecule has 2 aliphatic rings. The summed E-state index contributed by atoms with van der Waals surface area (Å²) in [5.41, 5.74) is 0.273. The molecule has 2 rings (SSSR count). The third-order valence-corrected chi connectivity index (χ3v) is 5.89. The van der Waals surface area contributed by atoms with Crippen molar-refractivity contribution in [1.82, 2.24) is 5.32 Å². The molecule has 0 aromatic rings. The van der Waals surface area contributed by atoms with E-state index in [4.69, 9.17) is 4.74 Å². The van der Waals surface area contributed by atoms with Crippen LogP contribution in [-0.4, -0.2) is 29.6 Å². The van der Waals surface area contributed by atoms with Crippen molar-refractivity contribution in [2.24, 2.45) is 5.92 Å². The van der Waals surface area contributed by atoms with E-state index in [0.717, 1.165) is 11.9 Å². The van der Waals surface area contributed by atoms with Crippen LogP contribution in [0.5, 0.6) is 0 Å². The van der Waals surface area contributed by atoms with Crippen LogP contribution in [0.3, 0.4) is 0 Å². The lowest BCUT2D eigenvalue weighted by molar-refractivity contribution is -0.0630. The highest BCUT2D eigenvalue weighted by Crippen LogP contribution is 2.41. The quantitative estimate of drug-likeness (QED) is 0.777. The second-order valence-corrected chi connectivity index (χ2v) is 7.00. The maximum absolute atomic E-state index is 6.38. The van der Waals surface area contributed by atoms with E-state index in [9.17, 15) is 0 Å². The molecule has 3 heteroatoms. The predicted molar refractivity (Wildman–Crippen MR) is 80.3 cm³/mol. The first-order valence-corrected chi connectivity index (χ1v) is 8.74. The minimum absolute atomic E-state index is 0.273. The Morgan fingerprint density at radius 2 is 1.94 bits per heavy atom. The first kappa shape index (κ1) is 14.8. The molecule has 18 heavy (non-hydrogen) atoms. The standard InChI is InChI=1S/C15H28BrNO/c1-12(10-16)13(2)17-11-14-6-9-15(18-14)7-4-3-5-8-15/h12-14,17H,3-11H2,1-2H3. The molecule has 1 saturated heterocycles. The Morgan fingerprint density at radius 3 is 2.61 bits per heavy atom. The van der Waals surface area contributed by atoms with Crippen molar-refractivity contribution in [3.63, 3.8) is 0 Å². The van der Waals surface area contributed by atoms with Crippen LogP contribution in [0.15, 0.2) is 0 Å². The highest BCUT2D eigenvalue weighted by molar-refractivity contribution is 9.09. The topological polar surface area (TPSA) is 21.3 Å². The van der Waals surface area contributed by atoms with Crippen molar-refractivity contribution in [3.8, 4) is 0 Å². The molecule has 2 nitrogen and oxygen atoms in total. The fraction of sp³-hybridized carbons (Fsp3) is 1.00. The van der Waals surface area contributed by atoms with Gasteiger partial charge in [0.1, 0.15) is 0 Å². The van der Waals surface area contributed by atoms with E-state index < -0.39 is 0 Å². The van der Waals surface area contributed by atoms with Crippen molar-refractivity contribution in [1.29, 1.82) is 0 Å². The van der Waals surface area contributed by atoms with Crippen LogP contribution in [0.25, 0.3) is 0 Å². The van der Waals surface area contributed by atoms with Gasteiger partial charge in [0.2, 0.25) is 0 Å². The number of alkyl halides is 1. The zero-order valence-electron chi connectivity index (χ0n) is 11.9. The molecule has 1 spiro atoms. The molecule has 1 aliphatic heterocycles. The van der Waals surface area contributed by atoms with Gasteiger partial charge in [0, 0.05) is 17.9 Å². The number of hydrogen-bond acceptors (Lipinski definition) is 2. The van der Waals surface area contributed by atoms with E-state index in [1.165, 1.54) is 44.9 Å². The highest BCUT2D eigenvalue weighted by Gasteiger charge is 2.40. The van der Waals surface area contributed by atoms with Crippen LogP contribution < -0.4 is 5.32 Å². The molecular weight excluding hydrogens is 290 g/mol. The molecule has 1 aliphatic carbocycles. The van der Waals surface area contributed by atoms with E-state index in [-0.39, 0.29) is 5.60 Å². The van der Waals surface area contributed by atoms with E-state index in [1.54, 1.807) is 0 Å². The maximum Gasteiger partial charge on any atom is 0.0708 e. The smallest absolute Gasteiger partial charge is 0.0708 e. The molecule has 1 N–H and O–H groups in total. The monoisotopic (exact) mass is 317 g/mol. The second-order valence-electron chi connectivity index (χ2n) is 6.35. The average Bonchev–Trinajstić information content (AvgIpc) is 2.79. The van der Waals surface area contributed by atoms with Crippen molar-refractivity contribution in [2.45, 2.75) is 76.5 Å². The first-order valence-electron chi connectivity index (χ1n) is 7.62. The van der Waals surface area contributed by atoms with Gasteiger partial charge >= 0.3 is 0 Å². The highest BCUT2D eigenvalue weighted by atomic mass is 79.9. The molecule has 106 valence electrons. The SMILES string of the molecule is CC(CBr)C(C)NCC1CCC2(CCCCC2)O1. The molecule has 0 radical (unpaired) electrons. The predicted octanol–water partition coefficient (Wildman–Crippen LogP) is 3.88. The Morgan fingerprint density at radius 1 is 1.22 bits per heavy atom. The van der Waals surface area contributed by atoms with E-state index in [0.29, 0.717) is 18.1 Å². The van der Waals surface area contributed by atoms with Gasteiger partial charge in [0.25, 0.3) is 0 Å². The molecule has 3 atom stereocenters. The molecule has 0 aromatic carbocycles. The second kappa shape index (κ2) is 6.71. The molecule has 0 aromatic heterocycles. The Labute approximate surface area is 120 Å². The Bertz CT molecular complexity index is 253. The van der Waals surface area contributed by atoms with Crippen LogP contribution in [0.4, 0.5) is 0 Å². The van der Waals surface area contributed by atoms with Gasteiger partial charge in [-0.15, -0.1) is 0 Å². The van der Waals surface area contributed by atoms with Crippen molar-refractivity contribution < 1.29 is 4.74 Å². The zero-order valence-corrected chi connectivity index (χ0v) is 13.5. The van der Waals surface area contributed by atoms with Crippen LogP contribution in [0, 0.1) is 5.92 Å². The fourth-order valence-corrected chi connectivity index (χ4v) is 3.82. The normalized spacial score (nSPS) is 30.5. The summed E-state index contributed by atoms with van der Waals surface area (Å²) in [6, 6.07) is 0.566. The van der Waals surface area contributed by atoms with E-state index in [2.05, 4.69) is 35.1 Å². The van der Waals surface area contributed by atoms with Gasteiger partial charge in [-0.25, -0.2) is 0 Å². The van der Waals surface area contributed by atoms with Gasteiger partial charge in [-0.2, -0.15) is 0 Å². The summed E-state index contributed by atoms with van der Waals surface area (Å²) in [6.07, 6.45) is 9.76. The molecule has 0 bridgehead atoms. The summed E-state index contributed by atoms with van der Waals surface area (Å²) in [5, 5.41) is 4.71. The lowest BCUT2D eigenvalue weighted by Crippen LogP contribution is -2.39. The van der Waals surface area contributed by atoms with Crippen LogP contribution in [0.2, 0.25) is 0 Å². The number of ether oxygens (including phenoxy) is 1. The number of rotatable bonds is 5. The van der Waals surface area contributed by atoms with E-state index in [1.807, 2.05) is 0 Å². The largest absolute Gasteiger partial charge is 0.370 e. The number of hydrogen-bond donors (Lipinski definition) is 1. The molecule has 3 unspecified atom stereocenters. The summed E-state index contributed by atoms with van der Waals surface area (Å²) < 4.78 is 6.38. The average molecular weight is 318 g/mol. The van der Waals surface area contributed by atoms with Crippen molar-refractivity contribution in [2.75, 3.05) is 11.9 Å². The molecule has 1 saturated carbocycles. The Hall–Kier alpha value is 0.400.